The van der Waals surface area contributed by atoms with E-state index < -0.39 is 0 Å². The summed E-state index contributed by atoms with van der Waals surface area (Å²) >= 11 is 0. The number of anilines is 1. The van der Waals surface area contributed by atoms with Crippen molar-refractivity contribution in [2.75, 3.05) is 31.1 Å². The summed E-state index contributed by atoms with van der Waals surface area (Å²) < 4.78 is 0. The fourth-order valence-electron chi connectivity index (χ4n) is 3.49. The largest absolute Gasteiger partial charge is 0.371 e. The molecule has 0 bridgehead atoms. The van der Waals surface area contributed by atoms with Crippen LogP contribution in [0.4, 0.5) is 5.69 Å². The highest BCUT2D eigenvalue weighted by Crippen LogP contribution is 2.32. The molecule has 2 aliphatic rings. The van der Waals surface area contributed by atoms with Crippen molar-refractivity contribution in [3.8, 4) is 6.07 Å². The smallest absolute Gasteiger partial charge is 0.0992 e. The third-order valence-corrected chi connectivity index (χ3v) is 4.62. The Morgan fingerprint density at radius 3 is 2.79 bits per heavy atom. The summed E-state index contributed by atoms with van der Waals surface area (Å²) in [7, 11) is 0. The van der Waals surface area contributed by atoms with Gasteiger partial charge in [-0.25, -0.2) is 0 Å². The van der Waals surface area contributed by atoms with Gasteiger partial charge in [0, 0.05) is 18.8 Å². The molecule has 3 rings (SSSR count). The third kappa shape index (κ3) is 2.74. The van der Waals surface area contributed by atoms with E-state index in [1.807, 2.05) is 18.2 Å². The molecular formula is C16H21N3. The predicted molar refractivity (Wildman–Crippen MR) is 77.1 cm³/mol. The van der Waals surface area contributed by atoms with Crippen LogP contribution in [0.3, 0.4) is 0 Å². The number of nitriles is 1. The van der Waals surface area contributed by atoms with E-state index in [0.717, 1.165) is 23.9 Å². The molecule has 1 aromatic rings. The number of hydrogen-bond acceptors (Lipinski definition) is 3. The standard InChI is InChI=1S/C16H21N3/c17-11-13-2-1-3-16(10-13)19-9-6-15(12-19)14-4-7-18-8-5-14/h1-3,10,14-15,18H,4-9,12H2. The van der Waals surface area contributed by atoms with Crippen LogP contribution in [0.2, 0.25) is 0 Å². The monoisotopic (exact) mass is 255 g/mol. The first-order valence-electron chi connectivity index (χ1n) is 7.32. The molecule has 19 heavy (non-hydrogen) atoms. The van der Waals surface area contributed by atoms with E-state index in [1.165, 1.54) is 44.6 Å². The summed E-state index contributed by atoms with van der Waals surface area (Å²) in [6.07, 6.45) is 3.97. The van der Waals surface area contributed by atoms with Gasteiger partial charge < -0.3 is 10.2 Å². The summed E-state index contributed by atoms with van der Waals surface area (Å²) in [5.41, 5.74) is 1.98. The van der Waals surface area contributed by atoms with E-state index in [-0.39, 0.29) is 0 Å². The van der Waals surface area contributed by atoms with E-state index >= 15 is 0 Å². The molecule has 0 amide bonds. The van der Waals surface area contributed by atoms with Crippen LogP contribution in [0, 0.1) is 23.2 Å². The zero-order chi connectivity index (χ0) is 13.1. The van der Waals surface area contributed by atoms with Crippen molar-refractivity contribution in [2.45, 2.75) is 19.3 Å². The molecule has 0 aromatic heterocycles. The summed E-state index contributed by atoms with van der Waals surface area (Å²) in [5.74, 6) is 1.73. The Hall–Kier alpha value is -1.53. The molecule has 0 spiro atoms. The summed E-state index contributed by atoms with van der Waals surface area (Å²) in [5, 5.41) is 12.4. The van der Waals surface area contributed by atoms with E-state index in [2.05, 4.69) is 22.4 Å². The fourth-order valence-corrected chi connectivity index (χ4v) is 3.49. The van der Waals surface area contributed by atoms with E-state index in [1.54, 1.807) is 0 Å². The lowest BCUT2D eigenvalue weighted by molar-refractivity contribution is 0.276. The minimum atomic E-state index is 0.766. The maximum Gasteiger partial charge on any atom is 0.0992 e. The maximum atomic E-state index is 8.99. The van der Waals surface area contributed by atoms with E-state index in [0.29, 0.717) is 0 Å². The van der Waals surface area contributed by atoms with Crippen LogP contribution in [0.15, 0.2) is 24.3 Å². The van der Waals surface area contributed by atoms with Crippen LogP contribution in [0.1, 0.15) is 24.8 Å². The van der Waals surface area contributed by atoms with Crippen molar-refractivity contribution in [3.63, 3.8) is 0 Å². The predicted octanol–water partition coefficient (Wildman–Crippen LogP) is 2.38. The minimum Gasteiger partial charge on any atom is -0.371 e. The minimum absolute atomic E-state index is 0.766. The molecule has 0 aliphatic carbocycles. The lowest BCUT2D eigenvalue weighted by atomic mass is 9.84. The summed E-state index contributed by atoms with van der Waals surface area (Å²) in [4.78, 5) is 2.45. The molecule has 1 aromatic carbocycles. The first-order chi connectivity index (χ1) is 9.36. The van der Waals surface area contributed by atoms with Crippen molar-refractivity contribution < 1.29 is 0 Å². The Bertz CT molecular complexity index is 471. The molecule has 0 radical (unpaired) electrons. The molecule has 1 N–H and O–H groups in total. The molecule has 2 fully saturated rings. The number of nitrogens with one attached hydrogen (secondary N) is 1. The number of hydrogen-bond donors (Lipinski definition) is 1. The van der Waals surface area contributed by atoms with Crippen LogP contribution in [-0.4, -0.2) is 26.2 Å². The van der Waals surface area contributed by atoms with Gasteiger partial charge in [-0.2, -0.15) is 5.26 Å². The van der Waals surface area contributed by atoms with Gasteiger partial charge in [-0.3, -0.25) is 0 Å². The van der Waals surface area contributed by atoms with Gasteiger partial charge in [0.05, 0.1) is 11.6 Å². The highest BCUT2D eigenvalue weighted by atomic mass is 15.2. The van der Waals surface area contributed by atoms with Crippen LogP contribution in [0.25, 0.3) is 0 Å². The van der Waals surface area contributed by atoms with Crippen molar-refractivity contribution in [1.29, 1.82) is 5.26 Å². The van der Waals surface area contributed by atoms with Crippen LogP contribution >= 0.6 is 0 Å². The number of rotatable bonds is 2. The molecular weight excluding hydrogens is 234 g/mol. The van der Waals surface area contributed by atoms with Gasteiger partial charge in [-0.05, 0) is 62.4 Å². The third-order valence-electron chi connectivity index (χ3n) is 4.62. The Kier molecular flexibility index (Phi) is 3.70. The van der Waals surface area contributed by atoms with Crippen molar-refractivity contribution in [1.82, 2.24) is 5.32 Å². The zero-order valence-electron chi connectivity index (χ0n) is 11.3. The van der Waals surface area contributed by atoms with Crippen molar-refractivity contribution in [2.24, 2.45) is 11.8 Å². The summed E-state index contributed by atoms with van der Waals surface area (Å²) in [6.45, 7) is 4.68. The van der Waals surface area contributed by atoms with E-state index in [4.69, 9.17) is 5.26 Å². The number of piperidine rings is 1. The average Bonchev–Trinajstić information content (AvgIpc) is 2.98. The normalized spacial score (nSPS) is 24.4. The molecule has 2 aliphatic heterocycles. The van der Waals surface area contributed by atoms with Crippen molar-refractivity contribution >= 4 is 5.69 Å². The molecule has 100 valence electrons. The van der Waals surface area contributed by atoms with Crippen LogP contribution in [0.5, 0.6) is 0 Å². The topological polar surface area (TPSA) is 39.1 Å². The van der Waals surface area contributed by atoms with Gasteiger partial charge in [0.15, 0.2) is 0 Å². The van der Waals surface area contributed by atoms with Crippen molar-refractivity contribution in [3.05, 3.63) is 29.8 Å². The lowest BCUT2D eigenvalue weighted by Gasteiger charge is -2.28. The molecule has 1 atom stereocenters. The Morgan fingerprint density at radius 1 is 1.16 bits per heavy atom. The maximum absolute atomic E-state index is 8.99. The molecule has 3 heteroatoms. The van der Waals surface area contributed by atoms with Gasteiger partial charge in [-0.1, -0.05) is 6.07 Å². The molecule has 2 heterocycles. The SMILES string of the molecule is N#Cc1cccc(N2CCC(C3CCNCC3)C2)c1. The number of nitrogens with zero attached hydrogens (tertiary/aromatic N) is 2. The first kappa shape index (κ1) is 12.5. The molecule has 2 saturated heterocycles. The second kappa shape index (κ2) is 5.63. The highest BCUT2D eigenvalue weighted by molar-refractivity contribution is 5.52. The van der Waals surface area contributed by atoms with Gasteiger partial charge in [0.25, 0.3) is 0 Å². The van der Waals surface area contributed by atoms with Gasteiger partial charge >= 0.3 is 0 Å². The molecule has 0 saturated carbocycles. The van der Waals surface area contributed by atoms with Crippen LogP contribution < -0.4 is 10.2 Å². The van der Waals surface area contributed by atoms with Crippen LogP contribution in [-0.2, 0) is 0 Å². The van der Waals surface area contributed by atoms with E-state index in [9.17, 15) is 0 Å². The Balaban J connectivity index is 1.66. The molecule has 1 unspecified atom stereocenters. The highest BCUT2D eigenvalue weighted by Gasteiger charge is 2.30. The first-order valence-corrected chi connectivity index (χ1v) is 7.32. The Labute approximate surface area is 115 Å². The number of benzene rings is 1. The fraction of sp³-hybridized carbons (Fsp3) is 0.562. The second-order valence-electron chi connectivity index (χ2n) is 5.74. The lowest BCUT2D eigenvalue weighted by Crippen LogP contribution is -2.32. The summed E-state index contributed by atoms with van der Waals surface area (Å²) in [6, 6.07) is 10.3. The molecule has 3 nitrogen and oxygen atoms in total. The second-order valence-corrected chi connectivity index (χ2v) is 5.74. The van der Waals surface area contributed by atoms with Gasteiger partial charge in [0.2, 0.25) is 0 Å². The average molecular weight is 255 g/mol. The van der Waals surface area contributed by atoms with Gasteiger partial charge in [0.1, 0.15) is 0 Å². The quantitative estimate of drug-likeness (QED) is 0.882. The van der Waals surface area contributed by atoms with Gasteiger partial charge in [-0.15, -0.1) is 0 Å². The zero-order valence-corrected chi connectivity index (χ0v) is 11.3. The Morgan fingerprint density at radius 2 is 2.00 bits per heavy atom.